The minimum absolute atomic E-state index is 0.554. The van der Waals surface area contributed by atoms with Gasteiger partial charge in [-0.1, -0.05) is 18.2 Å². The SMILES string of the molecule is Cc1ccccc1Oc1cnc(CCN)nc1. The number of benzene rings is 1. The Morgan fingerprint density at radius 1 is 1.18 bits per heavy atom. The molecule has 0 saturated carbocycles. The summed E-state index contributed by atoms with van der Waals surface area (Å²) in [5.41, 5.74) is 6.51. The van der Waals surface area contributed by atoms with Gasteiger partial charge in [0.05, 0.1) is 12.4 Å². The van der Waals surface area contributed by atoms with E-state index in [0.29, 0.717) is 18.7 Å². The molecule has 0 radical (unpaired) electrons. The number of ether oxygens (including phenoxy) is 1. The Labute approximate surface area is 100 Å². The molecule has 0 amide bonds. The van der Waals surface area contributed by atoms with Crippen molar-refractivity contribution in [3.8, 4) is 11.5 Å². The van der Waals surface area contributed by atoms with E-state index in [1.165, 1.54) is 0 Å². The van der Waals surface area contributed by atoms with Crippen LogP contribution in [-0.4, -0.2) is 16.5 Å². The van der Waals surface area contributed by atoms with Gasteiger partial charge in [0, 0.05) is 6.42 Å². The molecule has 0 spiro atoms. The zero-order valence-corrected chi connectivity index (χ0v) is 9.76. The Hall–Kier alpha value is -1.94. The summed E-state index contributed by atoms with van der Waals surface area (Å²) < 4.78 is 5.69. The van der Waals surface area contributed by atoms with Crippen molar-refractivity contribution in [2.24, 2.45) is 5.73 Å². The van der Waals surface area contributed by atoms with Crippen LogP contribution in [-0.2, 0) is 6.42 Å². The molecule has 0 aliphatic carbocycles. The highest BCUT2D eigenvalue weighted by Gasteiger charge is 2.01. The second-order valence-electron chi connectivity index (χ2n) is 3.74. The second-order valence-corrected chi connectivity index (χ2v) is 3.74. The molecule has 0 unspecified atom stereocenters. The predicted molar refractivity (Wildman–Crippen MR) is 66.0 cm³/mol. The summed E-state index contributed by atoms with van der Waals surface area (Å²) in [5.74, 6) is 2.20. The van der Waals surface area contributed by atoms with Crippen LogP contribution in [0.2, 0.25) is 0 Å². The highest BCUT2D eigenvalue weighted by atomic mass is 16.5. The molecule has 88 valence electrons. The van der Waals surface area contributed by atoms with Crippen molar-refractivity contribution in [1.82, 2.24) is 9.97 Å². The van der Waals surface area contributed by atoms with E-state index in [9.17, 15) is 0 Å². The number of aromatic nitrogens is 2. The molecule has 4 nitrogen and oxygen atoms in total. The van der Waals surface area contributed by atoms with Crippen LogP contribution < -0.4 is 10.5 Å². The lowest BCUT2D eigenvalue weighted by Crippen LogP contribution is -2.06. The zero-order chi connectivity index (χ0) is 12.1. The third-order valence-corrected chi connectivity index (χ3v) is 2.37. The van der Waals surface area contributed by atoms with Crippen LogP contribution in [0.25, 0.3) is 0 Å². The molecule has 2 N–H and O–H groups in total. The van der Waals surface area contributed by atoms with Crippen LogP contribution in [0.4, 0.5) is 0 Å². The smallest absolute Gasteiger partial charge is 0.164 e. The predicted octanol–water partition coefficient (Wildman–Crippen LogP) is 2.08. The fourth-order valence-electron chi connectivity index (χ4n) is 1.45. The summed E-state index contributed by atoms with van der Waals surface area (Å²) in [6, 6.07) is 7.83. The number of nitrogens with zero attached hydrogens (tertiary/aromatic N) is 2. The molecule has 2 rings (SSSR count). The van der Waals surface area contributed by atoms with Crippen molar-refractivity contribution < 1.29 is 4.74 Å². The van der Waals surface area contributed by atoms with Crippen molar-refractivity contribution in [1.29, 1.82) is 0 Å². The zero-order valence-electron chi connectivity index (χ0n) is 9.76. The van der Waals surface area contributed by atoms with Gasteiger partial charge in [-0.2, -0.15) is 0 Å². The lowest BCUT2D eigenvalue weighted by molar-refractivity contribution is 0.472. The van der Waals surface area contributed by atoms with Crippen LogP contribution >= 0.6 is 0 Å². The van der Waals surface area contributed by atoms with Gasteiger partial charge in [0.2, 0.25) is 0 Å². The molecule has 1 aromatic carbocycles. The molecule has 0 aliphatic heterocycles. The Morgan fingerprint density at radius 3 is 2.53 bits per heavy atom. The lowest BCUT2D eigenvalue weighted by atomic mass is 10.2. The van der Waals surface area contributed by atoms with E-state index in [-0.39, 0.29) is 0 Å². The molecular formula is C13H15N3O. The lowest BCUT2D eigenvalue weighted by Gasteiger charge is -2.07. The summed E-state index contributed by atoms with van der Waals surface area (Å²) in [6.45, 7) is 2.55. The van der Waals surface area contributed by atoms with Gasteiger partial charge >= 0.3 is 0 Å². The first-order chi connectivity index (χ1) is 8.29. The molecule has 17 heavy (non-hydrogen) atoms. The van der Waals surface area contributed by atoms with E-state index >= 15 is 0 Å². The van der Waals surface area contributed by atoms with E-state index < -0.39 is 0 Å². The largest absolute Gasteiger partial charge is 0.454 e. The molecule has 4 heteroatoms. The van der Waals surface area contributed by atoms with E-state index in [4.69, 9.17) is 10.5 Å². The third kappa shape index (κ3) is 3.01. The minimum Gasteiger partial charge on any atom is -0.454 e. The molecule has 1 aromatic heterocycles. The first-order valence-electron chi connectivity index (χ1n) is 5.54. The number of hydrogen-bond acceptors (Lipinski definition) is 4. The Kier molecular flexibility index (Phi) is 3.67. The first kappa shape index (κ1) is 11.5. The van der Waals surface area contributed by atoms with Crippen molar-refractivity contribution in [2.75, 3.05) is 6.54 Å². The maximum Gasteiger partial charge on any atom is 0.164 e. The summed E-state index contributed by atoms with van der Waals surface area (Å²) in [4.78, 5) is 8.36. The van der Waals surface area contributed by atoms with Gasteiger partial charge in [0.15, 0.2) is 5.75 Å². The van der Waals surface area contributed by atoms with Gasteiger partial charge in [-0.15, -0.1) is 0 Å². The molecule has 0 fully saturated rings. The molecule has 1 heterocycles. The summed E-state index contributed by atoms with van der Waals surface area (Å²) >= 11 is 0. The first-order valence-corrected chi connectivity index (χ1v) is 5.54. The van der Waals surface area contributed by atoms with Gasteiger partial charge in [0.1, 0.15) is 11.6 Å². The summed E-state index contributed by atoms with van der Waals surface area (Å²) in [5, 5.41) is 0. The molecule has 0 bridgehead atoms. The van der Waals surface area contributed by atoms with Crippen molar-refractivity contribution in [3.05, 3.63) is 48.0 Å². The van der Waals surface area contributed by atoms with Crippen LogP contribution in [0.5, 0.6) is 11.5 Å². The van der Waals surface area contributed by atoms with Crippen LogP contribution in [0.15, 0.2) is 36.7 Å². The van der Waals surface area contributed by atoms with Gasteiger partial charge < -0.3 is 10.5 Å². The number of hydrogen-bond donors (Lipinski definition) is 1. The average molecular weight is 229 g/mol. The maximum absolute atomic E-state index is 5.69. The highest BCUT2D eigenvalue weighted by molar-refractivity contribution is 5.35. The normalized spacial score (nSPS) is 10.2. The number of nitrogens with two attached hydrogens (primary N) is 1. The molecule has 0 atom stereocenters. The fourth-order valence-corrected chi connectivity index (χ4v) is 1.45. The highest BCUT2D eigenvalue weighted by Crippen LogP contribution is 2.23. The van der Waals surface area contributed by atoms with Gasteiger partial charge in [0.25, 0.3) is 0 Å². The Balaban J connectivity index is 2.11. The standard InChI is InChI=1S/C13H15N3O/c1-10-4-2-3-5-12(10)17-11-8-15-13(6-7-14)16-9-11/h2-5,8-9H,6-7,14H2,1H3. The van der Waals surface area contributed by atoms with Gasteiger partial charge in [-0.05, 0) is 25.1 Å². The minimum atomic E-state index is 0.554. The van der Waals surface area contributed by atoms with Crippen molar-refractivity contribution >= 4 is 0 Å². The van der Waals surface area contributed by atoms with Crippen molar-refractivity contribution in [2.45, 2.75) is 13.3 Å². The van der Waals surface area contributed by atoms with E-state index in [1.807, 2.05) is 31.2 Å². The van der Waals surface area contributed by atoms with Crippen molar-refractivity contribution in [3.63, 3.8) is 0 Å². The Morgan fingerprint density at radius 2 is 1.88 bits per heavy atom. The fraction of sp³-hybridized carbons (Fsp3) is 0.231. The van der Waals surface area contributed by atoms with Crippen LogP contribution in [0.1, 0.15) is 11.4 Å². The second kappa shape index (κ2) is 5.41. The van der Waals surface area contributed by atoms with E-state index in [0.717, 1.165) is 17.1 Å². The summed E-state index contributed by atoms with van der Waals surface area (Å²) in [6.07, 6.45) is 4.03. The molecule has 2 aromatic rings. The van der Waals surface area contributed by atoms with Crippen LogP contribution in [0, 0.1) is 6.92 Å². The number of para-hydroxylation sites is 1. The maximum atomic E-state index is 5.69. The topological polar surface area (TPSA) is 61.0 Å². The number of aryl methyl sites for hydroxylation is 1. The average Bonchev–Trinajstić information content (AvgIpc) is 2.35. The molecule has 0 saturated heterocycles. The monoisotopic (exact) mass is 229 g/mol. The Bertz CT molecular complexity index is 482. The van der Waals surface area contributed by atoms with Gasteiger partial charge in [-0.3, -0.25) is 0 Å². The van der Waals surface area contributed by atoms with E-state index in [1.54, 1.807) is 12.4 Å². The summed E-state index contributed by atoms with van der Waals surface area (Å²) in [7, 11) is 0. The quantitative estimate of drug-likeness (QED) is 0.872. The van der Waals surface area contributed by atoms with E-state index in [2.05, 4.69) is 9.97 Å². The number of rotatable bonds is 4. The van der Waals surface area contributed by atoms with Gasteiger partial charge in [-0.25, -0.2) is 9.97 Å². The van der Waals surface area contributed by atoms with Crippen LogP contribution in [0.3, 0.4) is 0 Å². The molecule has 0 aliphatic rings. The third-order valence-electron chi connectivity index (χ3n) is 2.37. The molecular weight excluding hydrogens is 214 g/mol.